The lowest BCUT2D eigenvalue weighted by molar-refractivity contribution is -0.122. The molecule has 2 rings (SSSR count). The summed E-state index contributed by atoms with van der Waals surface area (Å²) in [5.41, 5.74) is 1.50. The molecule has 1 N–H and O–H groups in total. The van der Waals surface area contributed by atoms with E-state index in [0.29, 0.717) is 13.0 Å². The number of ether oxygens (including phenoxy) is 1. The number of carbonyl (C=O) groups excluding carboxylic acids is 1. The average Bonchev–Trinajstić information content (AvgIpc) is 2.94. The quantitative estimate of drug-likeness (QED) is 0.855. The van der Waals surface area contributed by atoms with Gasteiger partial charge in [-0.3, -0.25) is 4.79 Å². The fourth-order valence-corrected chi connectivity index (χ4v) is 2.96. The lowest BCUT2D eigenvalue weighted by Crippen LogP contribution is -2.39. The highest BCUT2D eigenvalue weighted by atomic mass is 16.5. The van der Waals surface area contributed by atoms with Crippen molar-refractivity contribution in [2.45, 2.75) is 37.5 Å². The van der Waals surface area contributed by atoms with Crippen molar-refractivity contribution in [2.75, 3.05) is 20.3 Å². The van der Waals surface area contributed by atoms with Crippen LogP contribution in [0, 0.1) is 0 Å². The maximum Gasteiger partial charge on any atom is 0.222 e. The van der Waals surface area contributed by atoms with Crippen LogP contribution in [0.1, 0.15) is 37.7 Å². The van der Waals surface area contributed by atoms with Crippen molar-refractivity contribution in [1.29, 1.82) is 0 Å². The molecule has 0 radical (unpaired) electrons. The molecule has 0 atom stereocenters. The second-order valence-electron chi connectivity index (χ2n) is 5.37. The lowest BCUT2D eigenvalue weighted by atomic mass is 9.79. The SMILES string of the molecule is COCCC(=O)NCC1(c2ccccc2)CCCC1. The molecule has 1 aliphatic rings. The van der Waals surface area contributed by atoms with Crippen LogP contribution in [0.2, 0.25) is 0 Å². The van der Waals surface area contributed by atoms with Gasteiger partial charge in [-0.2, -0.15) is 0 Å². The third-order valence-corrected chi connectivity index (χ3v) is 4.10. The summed E-state index contributed by atoms with van der Waals surface area (Å²) < 4.78 is 4.93. The van der Waals surface area contributed by atoms with Crippen LogP contribution in [0.25, 0.3) is 0 Å². The topological polar surface area (TPSA) is 38.3 Å². The predicted molar refractivity (Wildman–Crippen MR) is 76.1 cm³/mol. The van der Waals surface area contributed by atoms with Gasteiger partial charge in [-0.25, -0.2) is 0 Å². The van der Waals surface area contributed by atoms with Gasteiger partial charge in [-0.05, 0) is 18.4 Å². The Morgan fingerprint density at radius 1 is 1.26 bits per heavy atom. The number of nitrogens with one attached hydrogen (secondary N) is 1. The monoisotopic (exact) mass is 261 g/mol. The third-order valence-electron chi connectivity index (χ3n) is 4.10. The van der Waals surface area contributed by atoms with E-state index in [9.17, 15) is 4.79 Å². The normalized spacial score (nSPS) is 17.3. The van der Waals surface area contributed by atoms with E-state index in [1.807, 2.05) is 6.07 Å². The first-order valence-corrected chi connectivity index (χ1v) is 7.08. The average molecular weight is 261 g/mol. The first-order valence-electron chi connectivity index (χ1n) is 7.08. The minimum absolute atomic E-state index is 0.0871. The van der Waals surface area contributed by atoms with Gasteiger partial charge in [0.1, 0.15) is 0 Å². The van der Waals surface area contributed by atoms with Gasteiger partial charge in [0.15, 0.2) is 0 Å². The molecule has 0 heterocycles. The zero-order valence-corrected chi connectivity index (χ0v) is 11.7. The second-order valence-corrected chi connectivity index (χ2v) is 5.37. The van der Waals surface area contributed by atoms with Gasteiger partial charge < -0.3 is 10.1 Å². The van der Waals surface area contributed by atoms with Gasteiger partial charge in [-0.15, -0.1) is 0 Å². The van der Waals surface area contributed by atoms with Crippen LogP contribution in [-0.4, -0.2) is 26.2 Å². The zero-order chi connectivity index (χ0) is 13.6. The molecule has 0 aromatic heterocycles. The molecular formula is C16H23NO2. The molecule has 0 aliphatic heterocycles. The van der Waals surface area contributed by atoms with Crippen LogP contribution < -0.4 is 5.32 Å². The van der Waals surface area contributed by atoms with Crippen LogP contribution in [0.3, 0.4) is 0 Å². The van der Waals surface area contributed by atoms with E-state index in [1.165, 1.54) is 31.2 Å². The molecule has 1 aromatic carbocycles. The van der Waals surface area contributed by atoms with E-state index in [2.05, 4.69) is 29.6 Å². The number of amides is 1. The van der Waals surface area contributed by atoms with Crippen molar-refractivity contribution in [2.24, 2.45) is 0 Å². The number of rotatable bonds is 6. The molecule has 0 unspecified atom stereocenters. The molecule has 1 saturated carbocycles. The minimum Gasteiger partial charge on any atom is -0.384 e. The van der Waals surface area contributed by atoms with E-state index in [4.69, 9.17) is 4.74 Å². The smallest absolute Gasteiger partial charge is 0.222 e. The van der Waals surface area contributed by atoms with Crippen molar-refractivity contribution in [3.63, 3.8) is 0 Å². The number of hydrogen-bond acceptors (Lipinski definition) is 2. The molecule has 1 amide bonds. The van der Waals surface area contributed by atoms with Crippen LogP contribution in [-0.2, 0) is 14.9 Å². The van der Waals surface area contributed by atoms with Gasteiger partial charge in [0.2, 0.25) is 5.91 Å². The van der Waals surface area contributed by atoms with Crippen molar-refractivity contribution < 1.29 is 9.53 Å². The summed E-state index contributed by atoms with van der Waals surface area (Å²) in [5.74, 6) is 0.0871. The molecule has 1 fully saturated rings. The van der Waals surface area contributed by atoms with Crippen LogP contribution in [0.5, 0.6) is 0 Å². The fourth-order valence-electron chi connectivity index (χ4n) is 2.96. The van der Waals surface area contributed by atoms with Gasteiger partial charge in [0.25, 0.3) is 0 Å². The maximum atomic E-state index is 11.7. The molecule has 0 bridgehead atoms. The minimum atomic E-state index is 0.0871. The van der Waals surface area contributed by atoms with Crippen LogP contribution in [0.15, 0.2) is 30.3 Å². The van der Waals surface area contributed by atoms with Crippen molar-refractivity contribution in [3.8, 4) is 0 Å². The Morgan fingerprint density at radius 2 is 1.95 bits per heavy atom. The summed E-state index contributed by atoms with van der Waals surface area (Å²) in [6.45, 7) is 1.24. The van der Waals surface area contributed by atoms with E-state index in [-0.39, 0.29) is 11.3 Å². The first-order chi connectivity index (χ1) is 9.27. The molecule has 0 spiro atoms. The molecule has 1 aromatic rings. The Bertz CT molecular complexity index is 396. The molecule has 1 aliphatic carbocycles. The van der Waals surface area contributed by atoms with Crippen molar-refractivity contribution >= 4 is 5.91 Å². The van der Waals surface area contributed by atoms with Gasteiger partial charge in [-0.1, -0.05) is 43.2 Å². The fraction of sp³-hybridized carbons (Fsp3) is 0.562. The summed E-state index contributed by atoms with van der Waals surface area (Å²) in [6, 6.07) is 10.6. The largest absolute Gasteiger partial charge is 0.384 e. The first kappa shape index (κ1) is 14.1. The lowest BCUT2D eigenvalue weighted by Gasteiger charge is -2.30. The molecule has 3 nitrogen and oxygen atoms in total. The summed E-state index contributed by atoms with van der Waals surface area (Å²) in [4.78, 5) is 11.7. The molecule has 104 valence electrons. The number of hydrogen-bond donors (Lipinski definition) is 1. The summed E-state index contributed by atoms with van der Waals surface area (Å²) in [6.07, 6.45) is 5.29. The highest BCUT2D eigenvalue weighted by Crippen LogP contribution is 2.40. The maximum absolute atomic E-state index is 11.7. The number of carbonyl (C=O) groups is 1. The van der Waals surface area contributed by atoms with E-state index >= 15 is 0 Å². The van der Waals surface area contributed by atoms with Gasteiger partial charge in [0, 0.05) is 25.5 Å². The Kier molecular flexibility index (Phi) is 4.97. The van der Waals surface area contributed by atoms with E-state index in [1.54, 1.807) is 7.11 Å². The number of methoxy groups -OCH3 is 1. The van der Waals surface area contributed by atoms with Gasteiger partial charge >= 0.3 is 0 Å². The highest BCUT2D eigenvalue weighted by Gasteiger charge is 2.35. The predicted octanol–water partition coefficient (Wildman–Crippen LogP) is 2.65. The Labute approximate surface area is 115 Å². The third kappa shape index (κ3) is 3.57. The Morgan fingerprint density at radius 3 is 2.58 bits per heavy atom. The Hall–Kier alpha value is -1.35. The Balaban J connectivity index is 1.99. The van der Waals surface area contributed by atoms with Gasteiger partial charge in [0.05, 0.1) is 6.61 Å². The second kappa shape index (κ2) is 6.71. The van der Waals surface area contributed by atoms with Crippen molar-refractivity contribution in [1.82, 2.24) is 5.32 Å². The number of benzene rings is 1. The zero-order valence-electron chi connectivity index (χ0n) is 11.7. The van der Waals surface area contributed by atoms with Crippen molar-refractivity contribution in [3.05, 3.63) is 35.9 Å². The van der Waals surface area contributed by atoms with Crippen LogP contribution >= 0.6 is 0 Å². The molecule has 3 heteroatoms. The standard InChI is InChI=1S/C16H23NO2/c1-19-12-9-15(18)17-13-16(10-5-6-11-16)14-7-3-2-4-8-14/h2-4,7-8H,5-6,9-13H2,1H3,(H,17,18). The molecule has 0 saturated heterocycles. The van der Waals surface area contributed by atoms with Crippen LogP contribution in [0.4, 0.5) is 0 Å². The molecule has 19 heavy (non-hydrogen) atoms. The van der Waals surface area contributed by atoms with E-state index < -0.39 is 0 Å². The molecular weight excluding hydrogens is 238 g/mol. The summed E-state index contributed by atoms with van der Waals surface area (Å²) in [7, 11) is 1.62. The van der Waals surface area contributed by atoms with E-state index in [0.717, 1.165) is 6.54 Å². The summed E-state index contributed by atoms with van der Waals surface area (Å²) >= 11 is 0. The summed E-state index contributed by atoms with van der Waals surface area (Å²) in [5, 5.41) is 3.08. The highest BCUT2D eigenvalue weighted by molar-refractivity contribution is 5.76.